The number of likely N-dealkylation sites (N-methyl/N-ethyl adjacent to an activating group) is 1. The maximum atomic E-state index is 13.7. The first-order chi connectivity index (χ1) is 15.9. The van der Waals surface area contributed by atoms with Gasteiger partial charge in [0.1, 0.15) is 12.3 Å². The summed E-state index contributed by atoms with van der Waals surface area (Å²) in [6, 6.07) is 23.1. The minimum atomic E-state index is -4.02. The van der Waals surface area contributed by atoms with Crippen LogP contribution in [0.4, 0.5) is 5.69 Å². The molecule has 0 radical (unpaired) electrons. The Morgan fingerprint density at radius 1 is 0.939 bits per heavy atom. The molecule has 174 valence electrons. The number of anilines is 1. The SMILES string of the molecule is CCOc1ccccc1N(CC(=O)N(C)Cc1ccccc1)S(=O)(=O)c1ccc(SC)cc1. The third-order valence-corrected chi connectivity index (χ3v) is 7.57. The molecule has 0 spiro atoms. The quantitative estimate of drug-likeness (QED) is 0.392. The van der Waals surface area contributed by atoms with E-state index in [1.807, 2.05) is 43.5 Å². The second-order valence-corrected chi connectivity index (χ2v) is 10.1. The minimum Gasteiger partial charge on any atom is -0.492 e. The van der Waals surface area contributed by atoms with Crippen LogP contribution in [0.3, 0.4) is 0 Å². The maximum absolute atomic E-state index is 13.7. The van der Waals surface area contributed by atoms with Crippen molar-refractivity contribution in [3.8, 4) is 5.75 Å². The fourth-order valence-corrected chi connectivity index (χ4v) is 5.14. The first-order valence-electron chi connectivity index (χ1n) is 10.5. The molecular weight excluding hydrogens is 456 g/mol. The van der Waals surface area contributed by atoms with E-state index in [4.69, 9.17) is 4.74 Å². The molecule has 3 rings (SSSR count). The molecular formula is C25H28N2O4S2. The lowest BCUT2D eigenvalue weighted by Crippen LogP contribution is -2.41. The predicted molar refractivity (Wildman–Crippen MR) is 133 cm³/mol. The number of hydrogen-bond acceptors (Lipinski definition) is 5. The summed E-state index contributed by atoms with van der Waals surface area (Å²) >= 11 is 1.53. The zero-order chi connectivity index (χ0) is 23.8. The second kappa shape index (κ2) is 11.2. The smallest absolute Gasteiger partial charge is 0.264 e. The molecule has 0 saturated heterocycles. The Labute approximate surface area is 200 Å². The van der Waals surface area contributed by atoms with Crippen LogP contribution in [0.2, 0.25) is 0 Å². The molecule has 1 amide bonds. The number of para-hydroxylation sites is 2. The summed E-state index contributed by atoms with van der Waals surface area (Å²) in [5, 5.41) is 0. The van der Waals surface area contributed by atoms with Gasteiger partial charge in [-0.2, -0.15) is 0 Å². The molecule has 3 aromatic carbocycles. The second-order valence-electron chi connectivity index (χ2n) is 7.32. The van der Waals surface area contributed by atoms with Gasteiger partial charge in [0.25, 0.3) is 10.0 Å². The highest BCUT2D eigenvalue weighted by Crippen LogP contribution is 2.33. The number of carbonyl (C=O) groups is 1. The third-order valence-electron chi connectivity index (χ3n) is 5.05. The molecule has 0 aliphatic carbocycles. The van der Waals surface area contributed by atoms with E-state index in [-0.39, 0.29) is 17.3 Å². The molecule has 0 atom stereocenters. The van der Waals surface area contributed by atoms with Gasteiger partial charge in [-0.25, -0.2) is 8.42 Å². The summed E-state index contributed by atoms with van der Waals surface area (Å²) in [6.45, 7) is 2.23. The molecule has 0 aliphatic heterocycles. The summed E-state index contributed by atoms with van der Waals surface area (Å²) < 4.78 is 34.2. The molecule has 0 aliphatic rings. The number of amides is 1. The zero-order valence-electron chi connectivity index (χ0n) is 19.0. The van der Waals surface area contributed by atoms with Crippen molar-refractivity contribution in [3.05, 3.63) is 84.4 Å². The molecule has 8 heteroatoms. The Hall–Kier alpha value is -2.97. The molecule has 6 nitrogen and oxygen atoms in total. The number of carbonyl (C=O) groups excluding carboxylic acids is 1. The maximum Gasteiger partial charge on any atom is 0.264 e. The van der Waals surface area contributed by atoms with Gasteiger partial charge < -0.3 is 9.64 Å². The Kier molecular flexibility index (Phi) is 8.41. The number of benzene rings is 3. The summed E-state index contributed by atoms with van der Waals surface area (Å²) in [5.74, 6) is 0.0808. The molecule has 0 aromatic heterocycles. The van der Waals surface area contributed by atoms with Crippen molar-refractivity contribution in [2.75, 3.05) is 30.8 Å². The van der Waals surface area contributed by atoms with Crippen LogP contribution in [0.1, 0.15) is 12.5 Å². The van der Waals surface area contributed by atoms with Crippen LogP contribution < -0.4 is 9.04 Å². The first-order valence-corrected chi connectivity index (χ1v) is 13.2. The summed E-state index contributed by atoms with van der Waals surface area (Å²) in [5.41, 5.74) is 1.29. The summed E-state index contributed by atoms with van der Waals surface area (Å²) in [4.78, 5) is 15.7. The van der Waals surface area contributed by atoms with Gasteiger partial charge in [0, 0.05) is 18.5 Å². The molecule has 0 heterocycles. The highest BCUT2D eigenvalue weighted by Gasteiger charge is 2.30. The number of hydrogen-bond donors (Lipinski definition) is 0. The average Bonchev–Trinajstić information content (AvgIpc) is 2.83. The van der Waals surface area contributed by atoms with Crippen LogP contribution in [0.5, 0.6) is 5.75 Å². The van der Waals surface area contributed by atoms with Crippen LogP contribution in [0.25, 0.3) is 0 Å². The minimum absolute atomic E-state index is 0.116. The van der Waals surface area contributed by atoms with Crippen LogP contribution in [0.15, 0.2) is 88.7 Å². The van der Waals surface area contributed by atoms with E-state index < -0.39 is 10.0 Å². The van der Waals surface area contributed by atoms with Gasteiger partial charge in [0.15, 0.2) is 0 Å². The molecule has 33 heavy (non-hydrogen) atoms. The fraction of sp³-hybridized carbons (Fsp3) is 0.240. The van der Waals surface area contributed by atoms with Crippen molar-refractivity contribution < 1.29 is 17.9 Å². The van der Waals surface area contributed by atoms with Gasteiger partial charge >= 0.3 is 0 Å². The topological polar surface area (TPSA) is 66.9 Å². The van der Waals surface area contributed by atoms with Crippen molar-refractivity contribution in [2.24, 2.45) is 0 Å². The van der Waals surface area contributed by atoms with Crippen molar-refractivity contribution >= 4 is 33.4 Å². The van der Waals surface area contributed by atoms with Gasteiger partial charge in [-0.05, 0) is 55.1 Å². The Morgan fingerprint density at radius 2 is 1.58 bits per heavy atom. The van der Waals surface area contributed by atoms with Crippen molar-refractivity contribution in [1.82, 2.24) is 4.90 Å². The van der Waals surface area contributed by atoms with E-state index >= 15 is 0 Å². The van der Waals surface area contributed by atoms with E-state index in [0.29, 0.717) is 24.6 Å². The number of ether oxygens (including phenoxy) is 1. The van der Waals surface area contributed by atoms with Gasteiger partial charge in [-0.1, -0.05) is 42.5 Å². The van der Waals surface area contributed by atoms with E-state index in [1.54, 1.807) is 55.6 Å². The van der Waals surface area contributed by atoms with E-state index in [0.717, 1.165) is 14.8 Å². The van der Waals surface area contributed by atoms with Gasteiger partial charge in [0.05, 0.1) is 17.2 Å². The third kappa shape index (κ3) is 6.09. The monoisotopic (exact) mass is 484 g/mol. The van der Waals surface area contributed by atoms with E-state index in [1.165, 1.54) is 16.7 Å². The van der Waals surface area contributed by atoms with E-state index in [9.17, 15) is 13.2 Å². The highest BCUT2D eigenvalue weighted by atomic mass is 32.2. The lowest BCUT2D eigenvalue weighted by atomic mass is 10.2. The Bertz CT molecular complexity index is 1170. The highest BCUT2D eigenvalue weighted by molar-refractivity contribution is 7.98. The lowest BCUT2D eigenvalue weighted by Gasteiger charge is -2.28. The molecule has 0 saturated carbocycles. The predicted octanol–water partition coefficient (Wildman–Crippen LogP) is 4.66. The standard InChI is InChI=1S/C25H28N2O4S2/c1-4-31-24-13-9-8-12-23(24)27(33(29,30)22-16-14-21(32-3)15-17-22)19-25(28)26(2)18-20-10-6-5-7-11-20/h5-17H,4,18-19H2,1-3H3. The van der Waals surface area contributed by atoms with Crippen molar-refractivity contribution in [2.45, 2.75) is 23.3 Å². The Morgan fingerprint density at radius 3 is 2.21 bits per heavy atom. The molecule has 0 unspecified atom stereocenters. The van der Waals surface area contributed by atoms with Crippen LogP contribution in [-0.4, -0.2) is 45.7 Å². The lowest BCUT2D eigenvalue weighted by molar-refractivity contribution is -0.128. The summed E-state index contributed by atoms with van der Waals surface area (Å²) in [6.07, 6.45) is 1.93. The van der Waals surface area contributed by atoms with Crippen LogP contribution in [0, 0.1) is 0 Å². The number of nitrogens with zero attached hydrogens (tertiary/aromatic N) is 2. The van der Waals surface area contributed by atoms with Crippen LogP contribution >= 0.6 is 11.8 Å². The molecule has 0 bridgehead atoms. The van der Waals surface area contributed by atoms with Gasteiger partial charge in [0.2, 0.25) is 5.91 Å². The van der Waals surface area contributed by atoms with Crippen molar-refractivity contribution in [3.63, 3.8) is 0 Å². The zero-order valence-corrected chi connectivity index (χ0v) is 20.6. The number of rotatable bonds is 10. The average molecular weight is 485 g/mol. The summed E-state index contributed by atoms with van der Waals surface area (Å²) in [7, 11) is -2.36. The molecule has 0 N–H and O–H groups in total. The number of thioether (sulfide) groups is 1. The van der Waals surface area contributed by atoms with Crippen molar-refractivity contribution in [1.29, 1.82) is 0 Å². The fourth-order valence-electron chi connectivity index (χ4n) is 3.30. The first kappa shape index (κ1) is 24.7. The molecule has 3 aromatic rings. The van der Waals surface area contributed by atoms with E-state index in [2.05, 4.69) is 0 Å². The Balaban J connectivity index is 1.97. The van der Waals surface area contributed by atoms with Crippen LogP contribution in [-0.2, 0) is 21.4 Å². The normalized spacial score (nSPS) is 11.1. The molecule has 0 fully saturated rings. The van der Waals surface area contributed by atoms with Gasteiger partial charge in [-0.3, -0.25) is 9.10 Å². The number of sulfonamides is 1. The van der Waals surface area contributed by atoms with Gasteiger partial charge in [-0.15, -0.1) is 11.8 Å². The largest absolute Gasteiger partial charge is 0.492 e.